The molecule has 0 saturated carbocycles. The molecular formula is C15H25N3. The Labute approximate surface area is 110 Å². The standard InChI is InChI=1S/C15H25N3/c1-12-14(11-18(3)17-12)15(16-2)13-9-7-5-4-6-8-10-13/h9,11,15-16H,4-8,10H2,1-3H3. The number of rotatable bonds is 3. The highest BCUT2D eigenvalue weighted by Gasteiger charge is 2.19. The Bertz CT molecular complexity index is 417. The molecule has 2 rings (SSSR count). The first-order chi connectivity index (χ1) is 8.72. The van der Waals surface area contributed by atoms with Crippen molar-refractivity contribution in [3.63, 3.8) is 0 Å². The van der Waals surface area contributed by atoms with E-state index >= 15 is 0 Å². The lowest BCUT2D eigenvalue weighted by molar-refractivity contribution is 0.572. The summed E-state index contributed by atoms with van der Waals surface area (Å²) in [7, 11) is 4.05. The van der Waals surface area contributed by atoms with Crippen molar-refractivity contribution in [2.45, 2.75) is 51.5 Å². The summed E-state index contributed by atoms with van der Waals surface area (Å²) in [4.78, 5) is 0. The quantitative estimate of drug-likeness (QED) is 0.831. The van der Waals surface area contributed by atoms with Gasteiger partial charge in [-0.3, -0.25) is 4.68 Å². The third kappa shape index (κ3) is 3.02. The number of likely N-dealkylation sites (N-methyl/N-ethyl adjacent to an activating group) is 1. The van der Waals surface area contributed by atoms with E-state index in [4.69, 9.17) is 0 Å². The fourth-order valence-electron chi connectivity index (χ4n) is 2.92. The van der Waals surface area contributed by atoms with Crippen LogP contribution in [0.1, 0.15) is 55.8 Å². The molecule has 1 heterocycles. The normalized spacial score (nSPS) is 18.9. The first-order valence-electron chi connectivity index (χ1n) is 7.08. The van der Waals surface area contributed by atoms with Crippen LogP contribution in [0.15, 0.2) is 17.8 Å². The van der Waals surface area contributed by atoms with Crippen molar-refractivity contribution in [2.75, 3.05) is 7.05 Å². The average Bonchev–Trinajstić information content (AvgIpc) is 2.62. The summed E-state index contributed by atoms with van der Waals surface area (Å²) in [6.07, 6.45) is 12.5. The maximum Gasteiger partial charge on any atom is 0.0644 e. The minimum atomic E-state index is 0.344. The third-order valence-corrected chi connectivity index (χ3v) is 3.85. The molecule has 1 aromatic heterocycles. The predicted molar refractivity (Wildman–Crippen MR) is 75.5 cm³/mol. The smallest absolute Gasteiger partial charge is 0.0644 e. The molecule has 1 atom stereocenters. The second-order valence-corrected chi connectivity index (χ2v) is 5.30. The zero-order chi connectivity index (χ0) is 13.0. The zero-order valence-electron chi connectivity index (χ0n) is 11.9. The van der Waals surface area contributed by atoms with Crippen LogP contribution in [-0.4, -0.2) is 16.8 Å². The van der Waals surface area contributed by atoms with E-state index in [1.165, 1.54) is 44.1 Å². The number of hydrogen-bond acceptors (Lipinski definition) is 2. The molecule has 1 unspecified atom stereocenters. The highest BCUT2D eigenvalue weighted by atomic mass is 15.3. The summed E-state index contributed by atoms with van der Waals surface area (Å²) in [5.74, 6) is 0. The number of allylic oxidation sites excluding steroid dienone is 1. The Morgan fingerprint density at radius 2 is 2.06 bits per heavy atom. The van der Waals surface area contributed by atoms with Gasteiger partial charge in [0.05, 0.1) is 11.7 Å². The summed E-state index contributed by atoms with van der Waals surface area (Å²) in [5.41, 5.74) is 4.01. The van der Waals surface area contributed by atoms with Gasteiger partial charge in [0.15, 0.2) is 0 Å². The molecule has 3 nitrogen and oxygen atoms in total. The Kier molecular flexibility index (Phi) is 4.59. The van der Waals surface area contributed by atoms with E-state index in [1.807, 2.05) is 11.7 Å². The van der Waals surface area contributed by atoms with Crippen molar-refractivity contribution >= 4 is 0 Å². The minimum absolute atomic E-state index is 0.344. The molecule has 1 N–H and O–H groups in total. The van der Waals surface area contributed by atoms with Crippen molar-refractivity contribution in [1.29, 1.82) is 0 Å². The van der Waals surface area contributed by atoms with E-state index in [2.05, 4.69) is 36.7 Å². The predicted octanol–water partition coefficient (Wildman–Crippen LogP) is 3.27. The van der Waals surface area contributed by atoms with Crippen LogP contribution in [0.2, 0.25) is 0 Å². The van der Waals surface area contributed by atoms with Crippen molar-refractivity contribution in [2.24, 2.45) is 7.05 Å². The monoisotopic (exact) mass is 247 g/mol. The van der Waals surface area contributed by atoms with Crippen LogP contribution in [0.25, 0.3) is 0 Å². The van der Waals surface area contributed by atoms with Crippen LogP contribution in [0.3, 0.4) is 0 Å². The minimum Gasteiger partial charge on any atom is -0.309 e. The van der Waals surface area contributed by atoms with Crippen molar-refractivity contribution in [3.8, 4) is 0 Å². The molecule has 0 radical (unpaired) electrons. The summed E-state index contributed by atoms with van der Waals surface area (Å²) < 4.78 is 1.92. The third-order valence-electron chi connectivity index (χ3n) is 3.85. The van der Waals surface area contributed by atoms with Crippen LogP contribution in [0.5, 0.6) is 0 Å². The van der Waals surface area contributed by atoms with Gasteiger partial charge in [-0.15, -0.1) is 0 Å². The molecule has 0 aliphatic heterocycles. The van der Waals surface area contributed by atoms with E-state index < -0.39 is 0 Å². The number of nitrogens with one attached hydrogen (secondary N) is 1. The fraction of sp³-hybridized carbons (Fsp3) is 0.667. The molecule has 18 heavy (non-hydrogen) atoms. The summed E-state index contributed by atoms with van der Waals surface area (Å²) >= 11 is 0. The average molecular weight is 247 g/mol. The Morgan fingerprint density at radius 1 is 1.28 bits per heavy atom. The SMILES string of the molecule is CNC(C1=CCCCCCC1)c1cn(C)nc1C. The molecule has 1 aliphatic rings. The number of nitrogens with zero attached hydrogens (tertiary/aromatic N) is 2. The summed E-state index contributed by atoms with van der Waals surface area (Å²) in [6.45, 7) is 2.10. The summed E-state index contributed by atoms with van der Waals surface area (Å²) in [5, 5.41) is 7.93. The number of hydrogen-bond donors (Lipinski definition) is 1. The molecule has 0 fully saturated rings. The first-order valence-corrected chi connectivity index (χ1v) is 7.08. The van der Waals surface area contributed by atoms with Gasteiger partial charge in [-0.2, -0.15) is 5.10 Å². The zero-order valence-corrected chi connectivity index (χ0v) is 11.9. The molecule has 0 saturated heterocycles. The second-order valence-electron chi connectivity index (χ2n) is 5.30. The van der Waals surface area contributed by atoms with Gasteiger partial charge in [0.2, 0.25) is 0 Å². The molecule has 1 aromatic rings. The Hall–Kier alpha value is -1.09. The largest absolute Gasteiger partial charge is 0.309 e. The lowest BCUT2D eigenvalue weighted by Crippen LogP contribution is -2.19. The second kappa shape index (κ2) is 6.19. The Morgan fingerprint density at radius 3 is 2.72 bits per heavy atom. The van der Waals surface area contributed by atoms with E-state index in [1.54, 1.807) is 5.57 Å². The lowest BCUT2D eigenvalue weighted by Gasteiger charge is -2.21. The van der Waals surface area contributed by atoms with Gasteiger partial charge in [-0.05, 0) is 39.7 Å². The van der Waals surface area contributed by atoms with Crippen LogP contribution in [-0.2, 0) is 7.05 Å². The first kappa shape index (κ1) is 13.3. The van der Waals surface area contributed by atoms with Gasteiger partial charge in [0, 0.05) is 18.8 Å². The van der Waals surface area contributed by atoms with Crippen LogP contribution in [0, 0.1) is 6.92 Å². The van der Waals surface area contributed by atoms with E-state index in [0.717, 1.165) is 5.69 Å². The summed E-state index contributed by atoms with van der Waals surface area (Å²) in [6, 6.07) is 0.344. The van der Waals surface area contributed by atoms with Gasteiger partial charge in [-0.1, -0.05) is 24.5 Å². The highest BCUT2D eigenvalue weighted by Crippen LogP contribution is 2.29. The van der Waals surface area contributed by atoms with Crippen molar-refractivity contribution < 1.29 is 0 Å². The maximum absolute atomic E-state index is 4.47. The van der Waals surface area contributed by atoms with E-state index in [-0.39, 0.29) is 0 Å². The van der Waals surface area contributed by atoms with Crippen molar-refractivity contribution in [1.82, 2.24) is 15.1 Å². The van der Waals surface area contributed by atoms with Crippen molar-refractivity contribution in [3.05, 3.63) is 29.1 Å². The molecular weight excluding hydrogens is 222 g/mol. The molecule has 100 valence electrons. The molecule has 0 bridgehead atoms. The van der Waals surface area contributed by atoms with Crippen LogP contribution >= 0.6 is 0 Å². The van der Waals surface area contributed by atoms with Gasteiger partial charge in [0.25, 0.3) is 0 Å². The maximum atomic E-state index is 4.47. The molecule has 1 aliphatic carbocycles. The molecule has 0 aromatic carbocycles. The number of aryl methyl sites for hydroxylation is 2. The topological polar surface area (TPSA) is 29.9 Å². The Balaban J connectivity index is 2.23. The molecule has 3 heteroatoms. The molecule has 0 spiro atoms. The van der Waals surface area contributed by atoms with Gasteiger partial charge in [0.1, 0.15) is 0 Å². The van der Waals surface area contributed by atoms with Gasteiger partial charge < -0.3 is 5.32 Å². The lowest BCUT2D eigenvalue weighted by atomic mass is 9.91. The van der Waals surface area contributed by atoms with E-state index in [9.17, 15) is 0 Å². The number of aromatic nitrogens is 2. The van der Waals surface area contributed by atoms with Gasteiger partial charge >= 0.3 is 0 Å². The van der Waals surface area contributed by atoms with Gasteiger partial charge in [-0.25, -0.2) is 0 Å². The fourth-order valence-corrected chi connectivity index (χ4v) is 2.92. The van der Waals surface area contributed by atoms with E-state index in [0.29, 0.717) is 6.04 Å². The molecule has 0 amide bonds. The van der Waals surface area contributed by atoms with Crippen LogP contribution < -0.4 is 5.32 Å². The highest BCUT2D eigenvalue weighted by molar-refractivity contribution is 5.29. The van der Waals surface area contributed by atoms with Crippen LogP contribution in [0.4, 0.5) is 0 Å².